The molecule has 0 saturated carbocycles. The first-order valence-electron chi connectivity index (χ1n) is 6.67. The molecule has 1 aliphatic carbocycles. The van der Waals surface area contributed by atoms with Crippen molar-refractivity contribution in [3.8, 4) is 0 Å². The van der Waals surface area contributed by atoms with Gasteiger partial charge in [-0.1, -0.05) is 36.8 Å². The monoisotopic (exact) mass is 320 g/mol. The van der Waals surface area contributed by atoms with Gasteiger partial charge in [-0.3, -0.25) is 0 Å². The number of alkyl halides is 6. The highest BCUT2D eigenvalue weighted by Crippen LogP contribution is 2.43. The molecule has 0 heterocycles. The fourth-order valence-corrected chi connectivity index (χ4v) is 2.51. The standard InChI is InChI=1S/C16H14F6/c1-9-3-5-11(13(7-9)15(17,18)19)12-6-4-10(2)8-14(12)16(20,21)22/h3-7,10H,8H2,1-2H3. The Bertz CT molecular complexity index is 631. The van der Waals surface area contributed by atoms with Crippen LogP contribution in [0.3, 0.4) is 0 Å². The molecule has 1 aromatic carbocycles. The van der Waals surface area contributed by atoms with Crippen LogP contribution in [0, 0.1) is 12.8 Å². The summed E-state index contributed by atoms with van der Waals surface area (Å²) in [4.78, 5) is 0. The number of benzene rings is 1. The van der Waals surface area contributed by atoms with Gasteiger partial charge in [0, 0.05) is 5.57 Å². The molecule has 0 saturated heterocycles. The van der Waals surface area contributed by atoms with E-state index in [-0.39, 0.29) is 12.3 Å². The lowest BCUT2D eigenvalue weighted by molar-refractivity contribution is -0.137. The Kier molecular flexibility index (Phi) is 4.15. The van der Waals surface area contributed by atoms with Crippen LogP contribution >= 0.6 is 0 Å². The topological polar surface area (TPSA) is 0 Å². The highest BCUT2D eigenvalue weighted by molar-refractivity contribution is 5.80. The van der Waals surface area contributed by atoms with Gasteiger partial charge in [0.25, 0.3) is 0 Å². The van der Waals surface area contributed by atoms with Crippen LogP contribution in [-0.4, -0.2) is 6.18 Å². The van der Waals surface area contributed by atoms with E-state index in [9.17, 15) is 26.3 Å². The Hall–Kier alpha value is -1.72. The summed E-state index contributed by atoms with van der Waals surface area (Å²) in [6.07, 6.45) is -7.02. The summed E-state index contributed by atoms with van der Waals surface area (Å²) >= 11 is 0. The van der Waals surface area contributed by atoms with Crippen LogP contribution < -0.4 is 0 Å². The second-order valence-corrected chi connectivity index (χ2v) is 5.48. The zero-order chi connectivity index (χ0) is 16.7. The van der Waals surface area contributed by atoms with E-state index in [4.69, 9.17) is 0 Å². The van der Waals surface area contributed by atoms with Gasteiger partial charge in [-0.05, 0) is 36.5 Å². The molecule has 0 bridgehead atoms. The molecule has 120 valence electrons. The van der Waals surface area contributed by atoms with Crippen molar-refractivity contribution < 1.29 is 26.3 Å². The van der Waals surface area contributed by atoms with E-state index in [0.717, 1.165) is 18.2 Å². The third-order valence-electron chi connectivity index (χ3n) is 3.56. The van der Waals surface area contributed by atoms with Crippen molar-refractivity contribution in [1.29, 1.82) is 0 Å². The van der Waals surface area contributed by atoms with E-state index in [1.54, 1.807) is 6.92 Å². The summed E-state index contributed by atoms with van der Waals surface area (Å²) in [6, 6.07) is 3.37. The summed E-state index contributed by atoms with van der Waals surface area (Å²) in [6.45, 7) is 3.07. The van der Waals surface area contributed by atoms with Crippen LogP contribution in [0.15, 0.2) is 35.9 Å². The van der Waals surface area contributed by atoms with E-state index in [0.29, 0.717) is 5.56 Å². The van der Waals surface area contributed by atoms with Gasteiger partial charge in [-0.15, -0.1) is 0 Å². The minimum Gasteiger partial charge on any atom is -0.166 e. The predicted octanol–water partition coefficient (Wildman–Crippen LogP) is 5.93. The number of halogens is 6. The minimum absolute atomic E-state index is 0.319. The lowest BCUT2D eigenvalue weighted by Crippen LogP contribution is -2.19. The zero-order valence-corrected chi connectivity index (χ0v) is 11.9. The van der Waals surface area contributed by atoms with E-state index in [2.05, 4.69) is 0 Å². The van der Waals surface area contributed by atoms with Crippen molar-refractivity contribution in [2.24, 2.45) is 5.92 Å². The fraction of sp³-hybridized carbons (Fsp3) is 0.375. The highest BCUT2D eigenvalue weighted by atomic mass is 19.4. The van der Waals surface area contributed by atoms with Gasteiger partial charge in [0.05, 0.1) is 5.56 Å². The van der Waals surface area contributed by atoms with E-state index >= 15 is 0 Å². The molecule has 0 radical (unpaired) electrons. The Morgan fingerprint density at radius 1 is 1.00 bits per heavy atom. The third kappa shape index (κ3) is 3.36. The molecule has 0 aliphatic heterocycles. The molecule has 0 amide bonds. The number of allylic oxidation sites excluding steroid dienone is 4. The second kappa shape index (κ2) is 5.48. The smallest absolute Gasteiger partial charge is 0.166 e. The molecule has 1 unspecified atom stereocenters. The first kappa shape index (κ1) is 16.6. The van der Waals surface area contributed by atoms with Crippen molar-refractivity contribution in [3.63, 3.8) is 0 Å². The van der Waals surface area contributed by atoms with Gasteiger partial charge >= 0.3 is 12.4 Å². The molecule has 0 N–H and O–H groups in total. The Morgan fingerprint density at radius 3 is 2.18 bits per heavy atom. The highest BCUT2D eigenvalue weighted by Gasteiger charge is 2.40. The second-order valence-electron chi connectivity index (χ2n) is 5.48. The lowest BCUT2D eigenvalue weighted by atomic mass is 9.85. The molecule has 1 aromatic rings. The average Bonchev–Trinajstić information content (AvgIpc) is 2.37. The minimum atomic E-state index is -4.71. The van der Waals surface area contributed by atoms with Gasteiger partial charge in [-0.25, -0.2) is 0 Å². The van der Waals surface area contributed by atoms with Crippen LogP contribution in [0.4, 0.5) is 26.3 Å². The molecule has 6 heteroatoms. The summed E-state index contributed by atoms with van der Waals surface area (Å²) in [5, 5.41) is 0. The fourth-order valence-electron chi connectivity index (χ4n) is 2.51. The van der Waals surface area contributed by atoms with Crippen LogP contribution in [0.25, 0.3) is 5.57 Å². The Morgan fingerprint density at radius 2 is 1.64 bits per heavy atom. The van der Waals surface area contributed by atoms with Gasteiger partial charge in [0.15, 0.2) is 0 Å². The first-order chi connectivity index (χ1) is 10.00. The molecular formula is C16H14F6. The largest absolute Gasteiger partial charge is 0.417 e. The van der Waals surface area contributed by atoms with E-state index in [1.165, 1.54) is 19.1 Å². The number of rotatable bonds is 1. The Labute approximate surface area is 124 Å². The van der Waals surface area contributed by atoms with Gasteiger partial charge < -0.3 is 0 Å². The number of aryl methyl sites for hydroxylation is 1. The number of hydrogen-bond acceptors (Lipinski definition) is 0. The summed E-state index contributed by atoms with van der Waals surface area (Å²) in [5.41, 5.74) is -2.41. The van der Waals surface area contributed by atoms with Crippen molar-refractivity contribution in [2.75, 3.05) is 0 Å². The molecule has 0 nitrogen and oxygen atoms in total. The lowest BCUT2D eigenvalue weighted by Gasteiger charge is -2.24. The molecule has 0 fully saturated rings. The van der Waals surface area contributed by atoms with E-state index < -0.39 is 34.6 Å². The molecule has 1 aliphatic rings. The summed E-state index contributed by atoms with van der Waals surface area (Å²) < 4.78 is 79.0. The molecule has 0 aromatic heterocycles. The third-order valence-corrected chi connectivity index (χ3v) is 3.56. The van der Waals surface area contributed by atoms with Crippen LogP contribution in [0.2, 0.25) is 0 Å². The summed E-state index contributed by atoms with van der Waals surface area (Å²) in [7, 11) is 0. The maximum Gasteiger partial charge on any atom is 0.417 e. The average molecular weight is 320 g/mol. The quantitative estimate of drug-likeness (QED) is 0.563. The first-order valence-corrected chi connectivity index (χ1v) is 6.67. The van der Waals surface area contributed by atoms with E-state index in [1.807, 2.05) is 0 Å². The molecule has 2 rings (SSSR count). The SMILES string of the molecule is Cc1ccc(C2=C(C(F)(F)F)CC(C)C=C2)c(C(F)(F)F)c1. The van der Waals surface area contributed by atoms with Gasteiger partial charge in [0.1, 0.15) is 0 Å². The van der Waals surface area contributed by atoms with Crippen LogP contribution in [0.1, 0.15) is 30.0 Å². The van der Waals surface area contributed by atoms with Gasteiger partial charge in [-0.2, -0.15) is 26.3 Å². The molecular weight excluding hydrogens is 306 g/mol. The van der Waals surface area contributed by atoms with Crippen molar-refractivity contribution in [2.45, 2.75) is 32.6 Å². The Balaban J connectivity index is 2.71. The molecule has 22 heavy (non-hydrogen) atoms. The predicted molar refractivity (Wildman–Crippen MR) is 72.1 cm³/mol. The van der Waals surface area contributed by atoms with Crippen LogP contribution in [-0.2, 0) is 6.18 Å². The molecule has 1 atom stereocenters. The van der Waals surface area contributed by atoms with Crippen LogP contribution in [0.5, 0.6) is 0 Å². The normalized spacial score (nSPS) is 19.7. The number of hydrogen-bond donors (Lipinski definition) is 0. The maximum absolute atomic E-state index is 13.2. The zero-order valence-electron chi connectivity index (χ0n) is 11.9. The molecule has 0 spiro atoms. The van der Waals surface area contributed by atoms with Crippen molar-refractivity contribution in [1.82, 2.24) is 0 Å². The summed E-state index contributed by atoms with van der Waals surface area (Å²) in [5.74, 6) is -0.361. The van der Waals surface area contributed by atoms with Crippen molar-refractivity contribution >= 4 is 5.57 Å². The van der Waals surface area contributed by atoms with Crippen molar-refractivity contribution in [3.05, 3.63) is 52.6 Å². The maximum atomic E-state index is 13.2. The van der Waals surface area contributed by atoms with Gasteiger partial charge in [0.2, 0.25) is 0 Å².